The van der Waals surface area contributed by atoms with Crippen molar-refractivity contribution in [2.45, 2.75) is 52.6 Å². The van der Waals surface area contributed by atoms with Crippen molar-refractivity contribution in [2.75, 3.05) is 11.5 Å². The van der Waals surface area contributed by atoms with Crippen LogP contribution in [-0.4, -0.2) is 46.8 Å². The number of ether oxygens (including phenoxy) is 1. The molecule has 0 unspecified atom stereocenters. The van der Waals surface area contributed by atoms with Gasteiger partial charge in [0.2, 0.25) is 11.8 Å². The number of allylic oxidation sites excluding steroid dienone is 2. The fraction of sp³-hybridized carbons (Fsp3) is 0.419. The number of carbonyl (C=O) groups is 2. The van der Waals surface area contributed by atoms with Gasteiger partial charge in [-0.25, -0.2) is 4.39 Å². The van der Waals surface area contributed by atoms with Crippen LogP contribution in [0.4, 0.5) is 10.1 Å². The second-order valence-corrected chi connectivity index (χ2v) is 11.3. The average molecular weight is 547 g/mol. The zero-order chi connectivity index (χ0) is 28.7. The summed E-state index contributed by atoms with van der Waals surface area (Å²) >= 11 is 0. The van der Waals surface area contributed by atoms with Gasteiger partial charge in [-0.05, 0) is 72.5 Å². The highest BCUT2D eigenvalue weighted by Gasteiger charge is 2.57. The number of rotatable bonds is 8. The molecular formula is C31H35BFNO6. The summed E-state index contributed by atoms with van der Waals surface area (Å²) in [4.78, 5) is 28.6. The maximum Gasteiger partial charge on any atom is 0.488 e. The number of hydrogen-bond donors (Lipinski definition) is 3. The Balaban J connectivity index is 1.39. The zero-order valence-corrected chi connectivity index (χ0v) is 23.0. The van der Waals surface area contributed by atoms with E-state index in [0.717, 1.165) is 24.0 Å². The van der Waals surface area contributed by atoms with E-state index < -0.39 is 24.8 Å². The van der Waals surface area contributed by atoms with Crippen molar-refractivity contribution in [1.29, 1.82) is 0 Å². The summed E-state index contributed by atoms with van der Waals surface area (Å²) in [7, 11) is -1.70. The summed E-state index contributed by atoms with van der Waals surface area (Å²) in [5.74, 6) is -2.53. The van der Waals surface area contributed by atoms with Gasteiger partial charge in [-0.15, -0.1) is 0 Å². The van der Waals surface area contributed by atoms with E-state index in [1.165, 1.54) is 34.7 Å². The van der Waals surface area contributed by atoms with Crippen LogP contribution in [0, 0.1) is 29.5 Å². The third-order valence-corrected chi connectivity index (χ3v) is 8.59. The van der Waals surface area contributed by atoms with Gasteiger partial charge >= 0.3 is 7.12 Å². The summed E-state index contributed by atoms with van der Waals surface area (Å²) in [6.45, 7) is 6.63. The summed E-state index contributed by atoms with van der Waals surface area (Å²) in [5, 5.41) is 28.7. The third-order valence-electron chi connectivity index (χ3n) is 8.59. The number of halogens is 1. The number of phenols is 1. The molecule has 2 fully saturated rings. The van der Waals surface area contributed by atoms with Crippen molar-refractivity contribution in [2.24, 2.45) is 23.7 Å². The van der Waals surface area contributed by atoms with E-state index in [-0.39, 0.29) is 41.0 Å². The van der Waals surface area contributed by atoms with Gasteiger partial charge < -0.3 is 19.9 Å². The van der Waals surface area contributed by atoms with E-state index in [0.29, 0.717) is 30.7 Å². The third kappa shape index (κ3) is 5.14. The first-order chi connectivity index (χ1) is 19.1. The van der Waals surface area contributed by atoms with Crippen LogP contribution in [0.1, 0.15) is 52.0 Å². The number of phenolic OH excluding ortho intramolecular Hbond substituents is 1. The van der Waals surface area contributed by atoms with Crippen LogP contribution in [0.2, 0.25) is 0 Å². The molecule has 0 spiro atoms. The Morgan fingerprint density at radius 1 is 1.15 bits per heavy atom. The average Bonchev–Trinajstić information content (AvgIpc) is 3.46. The summed E-state index contributed by atoms with van der Waals surface area (Å²) in [6, 6.07) is 10.6. The minimum absolute atomic E-state index is 0.167. The Morgan fingerprint density at radius 2 is 1.93 bits per heavy atom. The van der Waals surface area contributed by atoms with Gasteiger partial charge in [0.05, 0.1) is 30.2 Å². The Morgan fingerprint density at radius 3 is 2.60 bits per heavy atom. The molecular weight excluding hydrogens is 512 g/mol. The second-order valence-electron chi connectivity index (χ2n) is 11.3. The predicted octanol–water partition coefficient (Wildman–Crippen LogP) is 3.96. The molecule has 3 N–H and O–H groups in total. The molecule has 4 atom stereocenters. The topological polar surface area (TPSA) is 107 Å². The van der Waals surface area contributed by atoms with Gasteiger partial charge in [0.15, 0.2) is 11.6 Å². The lowest BCUT2D eigenvalue weighted by Gasteiger charge is -2.33. The summed E-state index contributed by atoms with van der Waals surface area (Å²) in [6.07, 6.45) is 4.50. The quantitative estimate of drug-likeness (QED) is 0.263. The predicted molar refractivity (Wildman–Crippen MR) is 151 cm³/mol. The van der Waals surface area contributed by atoms with E-state index in [9.17, 15) is 29.1 Å². The molecule has 5 rings (SSSR count). The fourth-order valence-electron chi connectivity index (χ4n) is 6.55. The first kappa shape index (κ1) is 28.3. The zero-order valence-electron chi connectivity index (χ0n) is 23.0. The van der Waals surface area contributed by atoms with Crippen LogP contribution in [0.15, 0.2) is 59.2 Å². The molecule has 3 aliphatic rings. The first-order valence-electron chi connectivity index (χ1n) is 14.0. The molecule has 1 aliphatic carbocycles. The standard InChI is InChI=1S/C31H35BFNO6/c1-4-18(12-19-8-10-26(35)25(33)13-19)9-11-27-28-22(17(2)3)15-23-29(24(28)16-40-27)31(37)34(30(23)36)21-7-5-6-20(14-21)32(38)39/h5-8,10,12-14,17,23-24,27,29,35,38-39H,4,9,11,15-16H2,1-3H3/b18-12+/t23-,24+,27-,29-/m1/s1. The van der Waals surface area contributed by atoms with Gasteiger partial charge in [0, 0.05) is 5.92 Å². The van der Waals surface area contributed by atoms with Gasteiger partial charge in [-0.2, -0.15) is 0 Å². The highest BCUT2D eigenvalue weighted by atomic mass is 19.1. The van der Waals surface area contributed by atoms with Crippen LogP contribution in [0.3, 0.4) is 0 Å². The maximum absolute atomic E-state index is 13.8. The summed E-state index contributed by atoms with van der Waals surface area (Å²) < 4.78 is 20.2. The number of nitrogens with zero attached hydrogens (tertiary/aromatic N) is 1. The van der Waals surface area contributed by atoms with Crippen molar-refractivity contribution in [3.63, 3.8) is 0 Å². The molecule has 2 aliphatic heterocycles. The van der Waals surface area contributed by atoms with Crippen molar-refractivity contribution >= 4 is 36.2 Å². The Labute approximate surface area is 234 Å². The van der Waals surface area contributed by atoms with Crippen molar-refractivity contribution in [3.05, 3.63) is 70.6 Å². The largest absolute Gasteiger partial charge is 0.505 e. The van der Waals surface area contributed by atoms with Gasteiger partial charge in [-0.1, -0.05) is 56.2 Å². The monoisotopic (exact) mass is 547 g/mol. The highest BCUT2D eigenvalue weighted by molar-refractivity contribution is 6.58. The lowest BCUT2D eigenvalue weighted by atomic mass is 9.67. The molecule has 2 heterocycles. The number of carbonyl (C=O) groups excluding carboxylic acids is 2. The normalized spacial score (nSPS) is 24.7. The molecule has 40 heavy (non-hydrogen) atoms. The fourth-order valence-corrected chi connectivity index (χ4v) is 6.55. The Hall–Kier alpha value is -3.27. The number of imide groups is 1. The molecule has 9 heteroatoms. The van der Waals surface area contributed by atoms with Crippen molar-refractivity contribution < 1.29 is 33.9 Å². The minimum Gasteiger partial charge on any atom is -0.505 e. The lowest BCUT2D eigenvalue weighted by molar-refractivity contribution is -0.122. The Kier molecular flexibility index (Phi) is 8.00. The van der Waals surface area contributed by atoms with Crippen LogP contribution < -0.4 is 10.4 Å². The van der Waals surface area contributed by atoms with Crippen LogP contribution in [0.5, 0.6) is 5.75 Å². The molecule has 0 bridgehead atoms. The van der Waals surface area contributed by atoms with E-state index >= 15 is 0 Å². The Bertz CT molecular complexity index is 1390. The molecule has 0 saturated carbocycles. The van der Waals surface area contributed by atoms with E-state index in [1.807, 2.05) is 13.0 Å². The molecule has 2 amide bonds. The molecule has 2 aromatic rings. The SMILES string of the molecule is CC/C(=C\c1ccc(O)c(F)c1)CC[C@H]1OC[C@H]2C1=C(C(C)C)C[C@H]1C(=O)N(c3cccc(B(O)O)c3)C(=O)[C@H]12. The first-order valence-corrected chi connectivity index (χ1v) is 14.0. The lowest BCUT2D eigenvalue weighted by Crippen LogP contribution is -2.36. The van der Waals surface area contributed by atoms with Gasteiger partial charge in [0.1, 0.15) is 0 Å². The number of benzene rings is 2. The molecule has 0 radical (unpaired) electrons. The van der Waals surface area contributed by atoms with Gasteiger partial charge in [-0.3, -0.25) is 14.5 Å². The van der Waals surface area contributed by atoms with Crippen LogP contribution in [0.25, 0.3) is 6.08 Å². The van der Waals surface area contributed by atoms with Crippen molar-refractivity contribution in [1.82, 2.24) is 0 Å². The van der Waals surface area contributed by atoms with Gasteiger partial charge in [0.25, 0.3) is 0 Å². The van der Waals surface area contributed by atoms with Crippen LogP contribution >= 0.6 is 0 Å². The van der Waals surface area contributed by atoms with E-state index in [1.54, 1.807) is 18.2 Å². The summed E-state index contributed by atoms with van der Waals surface area (Å²) in [5.41, 5.74) is 4.70. The van der Waals surface area contributed by atoms with E-state index in [2.05, 4.69) is 13.8 Å². The second kappa shape index (κ2) is 11.3. The smallest absolute Gasteiger partial charge is 0.488 e. The van der Waals surface area contributed by atoms with Crippen molar-refractivity contribution in [3.8, 4) is 5.75 Å². The molecule has 7 nitrogen and oxygen atoms in total. The molecule has 2 aromatic carbocycles. The highest BCUT2D eigenvalue weighted by Crippen LogP contribution is 2.52. The van der Waals surface area contributed by atoms with E-state index in [4.69, 9.17) is 4.74 Å². The number of anilines is 1. The molecule has 210 valence electrons. The number of hydrogen-bond acceptors (Lipinski definition) is 6. The molecule has 0 aromatic heterocycles. The number of amides is 2. The number of fused-ring (bicyclic) bond motifs is 3. The maximum atomic E-state index is 13.8. The molecule has 2 saturated heterocycles. The number of aromatic hydroxyl groups is 1. The van der Waals surface area contributed by atoms with Crippen LogP contribution in [-0.2, 0) is 14.3 Å². The minimum atomic E-state index is -1.70.